The van der Waals surface area contributed by atoms with Crippen molar-refractivity contribution in [2.75, 3.05) is 18.4 Å². The van der Waals surface area contributed by atoms with Crippen molar-refractivity contribution in [3.8, 4) is 5.69 Å². The van der Waals surface area contributed by atoms with Crippen molar-refractivity contribution in [2.24, 2.45) is 0 Å². The zero-order valence-corrected chi connectivity index (χ0v) is 16.3. The Kier molecular flexibility index (Phi) is 5.13. The number of alkyl halides is 3. The molecule has 0 saturated heterocycles. The molecule has 1 aromatic carbocycles. The van der Waals surface area contributed by atoms with Gasteiger partial charge in [0, 0.05) is 17.5 Å². The van der Waals surface area contributed by atoms with Gasteiger partial charge in [0.2, 0.25) is 5.91 Å². The molecule has 2 aromatic heterocycles. The monoisotopic (exact) mass is 421 g/mol. The molecule has 152 valence electrons. The molecule has 1 amide bonds. The molecule has 4 rings (SSSR count). The van der Waals surface area contributed by atoms with E-state index in [4.69, 9.17) is 0 Å². The average Bonchev–Trinajstić information content (AvgIpc) is 3.35. The Morgan fingerprint density at radius 3 is 2.90 bits per heavy atom. The maximum atomic E-state index is 13.2. The van der Waals surface area contributed by atoms with Crippen molar-refractivity contribution in [1.29, 1.82) is 0 Å². The number of aromatic nitrogens is 3. The Hall–Kier alpha value is -2.72. The van der Waals surface area contributed by atoms with E-state index in [9.17, 15) is 18.0 Å². The molecule has 1 aliphatic rings. The lowest BCUT2D eigenvalue weighted by Crippen LogP contribution is -2.39. The summed E-state index contributed by atoms with van der Waals surface area (Å²) in [5, 5.41) is 8.63. The van der Waals surface area contributed by atoms with Crippen LogP contribution in [-0.4, -0.2) is 38.7 Å². The van der Waals surface area contributed by atoms with Gasteiger partial charge in [-0.05, 0) is 48.6 Å². The fraction of sp³-hybridized carbons (Fsp3) is 0.316. The molecule has 1 N–H and O–H groups in total. The van der Waals surface area contributed by atoms with Crippen LogP contribution in [0.15, 0.2) is 42.3 Å². The maximum Gasteiger partial charge on any atom is 0.416 e. The first-order valence-electron chi connectivity index (χ1n) is 8.99. The van der Waals surface area contributed by atoms with Gasteiger partial charge in [-0.1, -0.05) is 0 Å². The first kappa shape index (κ1) is 19.6. The van der Waals surface area contributed by atoms with Crippen LogP contribution in [0.1, 0.15) is 29.0 Å². The van der Waals surface area contributed by atoms with Gasteiger partial charge >= 0.3 is 6.18 Å². The second kappa shape index (κ2) is 7.60. The number of benzene rings is 1. The van der Waals surface area contributed by atoms with Crippen LogP contribution in [-0.2, 0) is 17.4 Å². The molecule has 1 aliphatic heterocycles. The molecular weight excluding hydrogens is 403 g/mol. The zero-order chi connectivity index (χ0) is 20.6. The Labute approximate surface area is 169 Å². The molecule has 10 heteroatoms. The van der Waals surface area contributed by atoms with Crippen LogP contribution in [0.4, 0.5) is 18.9 Å². The third-order valence-corrected chi connectivity index (χ3v) is 6.01. The lowest BCUT2D eigenvalue weighted by atomic mass is 10.0. The predicted molar refractivity (Wildman–Crippen MR) is 103 cm³/mol. The van der Waals surface area contributed by atoms with Crippen molar-refractivity contribution in [3.05, 3.63) is 58.3 Å². The number of thiophene rings is 1. The SMILES string of the molecule is C[C@H]1c2ccsc2CCN1CC(=O)Nc1cc(C(F)(F)F)ccc1-n1cncn1. The third kappa shape index (κ3) is 4.03. The molecule has 3 heterocycles. The number of anilines is 1. The summed E-state index contributed by atoms with van der Waals surface area (Å²) in [4.78, 5) is 19.8. The Morgan fingerprint density at radius 2 is 2.17 bits per heavy atom. The average molecular weight is 421 g/mol. The number of rotatable bonds is 4. The highest BCUT2D eigenvalue weighted by atomic mass is 32.1. The molecule has 0 bridgehead atoms. The van der Waals surface area contributed by atoms with Crippen LogP contribution in [0.2, 0.25) is 0 Å². The first-order valence-corrected chi connectivity index (χ1v) is 9.87. The van der Waals surface area contributed by atoms with Gasteiger partial charge < -0.3 is 5.32 Å². The van der Waals surface area contributed by atoms with Gasteiger partial charge in [-0.3, -0.25) is 9.69 Å². The van der Waals surface area contributed by atoms with Crippen LogP contribution in [0.25, 0.3) is 5.69 Å². The third-order valence-electron chi connectivity index (χ3n) is 5.01. The highest BCUT2D eigenvalue weighted by molar-refractivity contribution is 7.10. The molecule has 0 fully saturated rings. The Morgan fingerprint density at radius 1 is 1.34 bits per heavy atom. The number of carbonyl (C=O) groups is 1. The lowest BCUT2D eigenvalue weighted by molar-refractivity contribution is -0.137. The molecule has 3 aromatic rings. The van der Waals surface area contributed by atoms with Gasteiger partial charge in [-0.15, -0.1) is 11.3 Å². The van der Waals surface area contributed by atoms with E-state index in [2.05, 4.69) is 21.5 Å². The van der Waals surface area contributed by atoms with E-state index in [-0.39, 0.29) is 24.2 Å². The smallest absolute Gasteiger partial charge is 0.323 e. The van der Waals surface area contributed by atoms with Crippen molar-refractivity contribution in [1.82, 2.24) is 19.7 Å². The summed E-state index contributed by atoms with van der Waals surface area (Å²) < 4.78 is 40.8. The van der Waals surface area contributed by atoms with E-state index in [1.54, 1.807) is 11.3 Å². The summed E-state index contributed by atoms with van der Waals surface area (Å²) in [6.07, 6.45) is -1.02. The molecule has 6 nitrogen and oxygen atoms in total. The van der Waals surface area contributed by atoms with Gasteiger partial charge in [0.25, 0.3) is 0 Å². The van der Waals surface area contributed by atoms with E-state index < -0.39 is 11.7 Å². The number of halogens is 3. The minimum Gasteiger partial charge on any atom is -0.323 e. The first-order chi connectivity index (χ1) is 13.8. The summed E-state index contributed by atoms with van der Waals surface area (Å²) in [6, 6.07) is 5.29. The number of amides is 1. The van der Waals surface area contributed by atoms with E-state index in [1.165, 1.54) is 33.8 Å². The minimum absolute atomic E-state index is 0.0382. The minimum atomic E-state index is -4.52. The van der Waals surface area contributed by atoms with Crippen LogP contribution in [0, 0.1) is 0 Å². The van der Waals surface area contributed by atoms with Crippen molar-refractivity contribution in [3.63, 3.8) is 0 Å². The van der Waals surface area contributed by atoms with Crippen LogP contribution in [0.5, 0.6) is 0 Å². The van der Waals surface area contributed by atoms with E-state index in [1.807, 2.05) is 17.2 Å². The zero-order valence-electron chi connectivity index (χ0n) is 15.5. The molecule has 0 aliphatic carbocycles. The van der Waals surface area contributed by atoms with E-state index in [0.717, 1.165) is 25.1 Å². The highest BCUT2D eigenvalue weighted by Gasteiger charge is 2.32. The van der Waals surface area contributed by atoms with E-state index >= 15 is 0 Å². The molecule has 1 atom stereocenters. The summed E-state index contributed by atoms with van der Waals surface area (Å²) in [5.41, 5.74) is 0.717. The highest BCUT2D eigenvalue weighted by Crippen LogP contribution is 2.34. The fourth-order valence-electron chi connectivity index (χ4n) is 3.50. The van der Waals surface area contributed by atoms with Gasteiger partial charge in [-0.25, -0.2) is 9.67 Å². The maximum absolute atomic E-state index is 13.2. The van der Waals surface area contributed by atoms with Gasteiger partial charge in [0.05, 0.1) is 23.5 Å². The second-order valence-electron chi connectivity index (χ2n) is 6.81. The molecule has 0 spiro atoms. The van der Waals surface area contributed by atoms with Crippen LogP contribution >= 0.6 is 11.3 Å². The number of hydrogen-bond acceptors (Lipinski definition) is 5. The van der Waals surface area contributed by atoms with Crippen molar-refractivity contribution >= 4 is 22.9 Å². The number of nitrogens with zero attached hydrogens (tertiary/aromatic N) is 4. The quantitative estimate of drug-likeness (QED) is 0.694. The van der Waals surface area contributed by atoms with Gasteiger partial charge in [0.15, 0.2) is 0 Å². The van der Waals surface area contributed by atoms with E-state index in [0.29, 0.717) is 5.69 Å². The largest absolute Gasteiger partial charge is 0.416 e. The molecule has 29 heavy (non-hydrogen) atoms. The molecule has 0 radical (unpaired) electrons. The summed E-state index contributed by atoms with van der Waals surface area (Å²) in [6.45, 7) is 2.84. The van der Waals surface area contributed by atoms with Crippen molar-refractivity contribution in [2.45, 2.75) is 25.6 Å². The predicted octanol–water partition coefficient (Wildman–Crippen LogP) is 3.91. The molecular formula is C19H18F3N5OS. The second-order valence-corrected chi connectivity index (χ2v) is 7.81. The summed E-state index contributed by atoms with van der Waals surface area (Å²) in [7, 11) is 0. The number of nitrogens with one attached hydrogen (secondary N) is 1. The lowest BCUT2D eigenvalue weighted by Gasteiger charge is -2.33. The normalized spacial score (nSPS) is 17.2. The van der Waals surface area contributed by atoms with Crippen LogP contribution in [0.3, 0.4) is 0 Å². The Bertz CT molecular complexity index is 1020. The standard InChI is InChI=1S/C19H18F3N5OS/c1-12-14-5-7-29-17(14)4-6-26(12)9-18(28)25-15-8-13(19(20,21)22)2-3-16(15)27-11-23-10-24-27/h2-3,5,7-8,10-12H,4,6,9H2,1H3,(H,25,28)/t12-/m0/s1. The topological polar surface area (TPSA) is 63.1 Å². The number of hydrogen-bond donors (Lipinski definition) is 1. The fourth-order valence-corrected chi connectivity index (χ4v) is 4.46. The van der Waals surface area contributed by atoms with Gasteiger partial charge in [0.1, 0.15) is 12.7 Å². The molecule has 0 saturated carbocycles. The van der Waals surface area contributed by atoms with Crippen LogP contribution < -0.4 is 5.32 Å². The van der Waals surface area contributed by atoms with Crippen molar-refractivity contribution < 1.29 is 18.0 Å². The number of fused-ring (bicyclic) bond motifs is 1. The summed E-state index contributed by atoms with van der Waals surface area (Å²) in [5.74, 6) is -0.379. The number of carbonyl (C=O) groups excluding carboxylic acids is 1. The Balaban J connectivity index is 1.56. The van der Waals surface area contributed by atoms with Gasteiger partial charge in [-0.2, -0.15) is 18.3 Å². The molecule has 0 unspecified atom stereocenters. The summed E-state index contributed by atoms with van der Waals surface area (Å²) >= 11 is 1.71.